The Morgan fingerprint density at radius 2 is 1.82 bits per heavy atom. The van der Waals surface area contributed by atoms with Crippen molar-refractivity contribution in [2.75, 3.05) is 17.6 Å². The van der Waals surface area contributed by atoms with Crippen molar-refractivity contribution in [3.8, 4) is 11.4 Å². The van der Waals surface area contributed by atoms with Crippen LogP contribution in [0.15, 0.2) is 60.7 Å². The van der Waals surface area contributed by atoms with Crippen LogP contribution in [0.4, 0.5) is 16.3 Å². The number of nitrogens with zero attached hydrogens (tertiary/aromatic N) is 3. The number of hydrogen-bond acceptors (Lipinski definition) is 7. The van der Waals surface area contributed by atoms with Gasteiger partial charge in [0.05, 0.1) is 0 Å². The highest BCUT2D eigenvalue weighted by atomic mass is 19.1. The summed E-state index contributed by atoms with van der Waals surface area (Å²) in [6.45, 7) is 0.571. The molecule has 0 amide bonds. The molecule has 4 rings (SSSR count). The number of carboxylic acids is 1. The second-order valence-corrected chi connectivity index (χ2v) is 7.65. The molecule has 0 radical (unpaired) electrons. The van der Waals surface area contributed by atoms with E-state index in [1.165, 1.54) is 28.5 Å². The third kappa shape index (κ3) is 5.39. The first-order valence-corrected chi connectivity index (χ1v) is 10.4. The van der Waals surface area contributed by atoms with E-state index in [4.69, 9.17) is 16.6 Å². The maximum Gasteiger partial charge on any atom is 0.320 e. The second kappa shape index (κ2) is 9.58. The molecule has 0 aliphatic rings. The molecule has 0 saturated carbocycles. The molecule has 1 atom stereocenters. The third-order valence-corrected chi connectivity index (χ3v) is 5.23. The van der Waals surface area contributed by atoms with Crippen molar-refractivity contribution >= 4 is 28.6 Å². The number of benzene rings is 3. The molecule has 0 unspecified atom stereocenters. The number of carbonyl (C=O) groups is 1. The van der Waals surface area contributed by atoms with Crippen molar-refractivity contribution in [3.63, 3.8) is 0 Å². The number of rotatable bonds is 8. The topological polar surface area (TPSA) is 140 Å². The molecule has 168 valence electrons. The van der Waals surface area contributed by atoms with Crippen molar-refractivity contribution in [1.29, 1.82) is 0 Å². The van der Waals surface area contributed by atoms with Crippen LogP contribution in [0.2, 0.25) is 0 Å². The first-order valence-electron chi connectivity index (χ1n) is 10.4. The van der Waals surface area contributed by atoms with Crippen LogP contribution >= 0.6 is 0 Å². The summed E-state index contributed by atoms with van der Waals surface area (Å²) in [4.78, 5) is 23.5. The molecule has 33 heavy (non-hydrogen) atoms. The largest absolute Gasteiger partial charge is 0.480 e. The van der Waals surface area contributed by atoms with Crippen molar-refractivity contribution in [3.05, 3.63) is 77.6 Å². The van der Waals surface area contributed by atoms with E-state index in [2.05, 4.69) is 50.6 Å². The van der Waals surface area contributed by atoms with Gasteiger partial charge in [0.1, 0.15) is 11.9 Å². The van der Waals surface area contributed by atoms with Crippen LogP contribution in [0, 0.1) is 5.82 Å². The molecule has 0 spiro atoms. The lowest BCUT2D eigenvalue weighted by Crippen LogP contribution is -2.32. The highest BCUT2D eigenvalue weighted by Crippen LogP contribution is 2.21. The lowest BCUT2D eigenvalue weighted by Gasteiger charge is -2.10. The van der Waals surface area contributed by atoms with E-state index in [-0.39, 0.29) is 29.7 Å². The number of nitrogens with two attached hydrogens (primary N) is 2. The monoisotopic (exact) mass is 446 g/mol. The minimum absolute atomic E-state index is 0.00518. The highest BCUT2D eigenvalue weighted by molar-refractivity contribution is 5.83. The number of aromatic nitrogens is 3. The molecular weight excluding hydrogens is 423 g/mol. The zero-order valence-electron chi connectivity index (χ0n) is 17.7. The fourth-order valence-corrected chi connectivity index (χ4v) is 3.49. The predicted octanol–water partition coefficient (Wildman–Crippen LogP) is 3.02. The molecule has 1 heterocycles. The van der Waals surface area contributed by atoms with Crippen LogP contribution in [-0.2, 0) is 17.6 Å². The number of anilines is 2. The predicted molar refractivity (Wildman–Crippen MR) is 125 cm³/mol. The Hall–Kier alpha value is -4.11. The zero-order chi connectivity index (χ0) is 23.4. The number of nitrogen functional groups attached to an aromatic ring is 1. The average molecular weight is 446 g/mol. The summed E-state index contributed by atoms with van der Waals surface area (Å²) in [6, 6.07) is 17.6. The minimum Gasteiger partial charge on any atom is -0.480 e. The van der Waals surface area contributed by atoms with Gasteiger partial charge in [0.2, 0.25) is 11.9 Å². The van der Waals surface area contributed by atoms with E-state index in [0.717, 1.165) is 6.42 Å². The van der Waals surface area contributed by atoms with Gasteiger partial charge in [-0.25, -0.2) is 4.39 Å². The molecular formula is C24H23FN6O2. The maximum absolute atomic E-state index is 14.5. The third-order valence-electron chi connectivity index (χ3n) is 5.23. The number of nitrogens with one attached hydrogen (secondary N) is 1. The van der Waals surface area contributed by atoms with Gasteiger partial charge < -0.3 is 21.9 Å². The quantitative estimate of drug-likeness (QED) is 0.324. The molecule has 0 aliphatic carbocycles. The van der Waals surface area contributed by atoms with Crippen LogP contribution in [0.3, 0.4) is 0 Å². The molecule has 0 bridgehead atoms. The average Bonchev–Trinajstić information content (AvgIpc) is 2.80. The van der Waals surface area contributed by atoms with E-state index in [9.17, 15) is 9.18 Å². The first kappa shape index (κ1) is 22.1. The van der Waals surface area contributed by atoms with Crippen LogP contribution in [0.25, 0.3) is 22.2 Å². The van der Waals surface area contributed by atoms with Gasteiger partial charge >= 0.3 is 5.97 Å². The van der Waals surface area contributed by atoms with Gasteiger partial charge in [0, 0.05) is 18.5 Å². The summed E-state index contributed by atoms with van der Waals surface area (Å²) in [7, 11) is 0. The van der Waals surface area contributed by atoms with Gasteiger partial charge in [-0.1, -0.05) is 54.6 Å². The Labute approximate surface area is 189 Å². The van der Waals surface area contributed by atoms with Gasteiger partial charge in [0.15, 0.2) is 5.82 Å². The fourth-order valence-electron chi connectivity index (χ4n) is 3.49. The smallest absolute Gasteiger partial charge is 0.320 e. The van der Waals surface area contributed by atoms with E-state index in [1.54, 1.807) is 6.07 Å². The Kier molecular flexibility index (Phi) is 6.41. The number of halogens is 1. The number of carboxylic acid groups (broad SMARTS) is 1. The van der Waals surface area contributed by atoms with Crippen LogP contribution in [0.5, 0.6) is 0 Å². The Morgan fingerprint density at radius 3 is 2.58 bits per heavy atom. The molecule has 3 aromatic carbocycles. The standard InChI is InChI=1S/C24H23FN6O2/c25-19-12-18(8-7-17(19)13-20(26)22(32)33)21-29-23(27)31-24(30-21)28-10-9-14-5-6-15-3-1-2-4-16(15)11-14/h1-8,11-12,20H,9-10,13,26H2,(H,32,33)(H3,27,28,29,30,31)/t20-/m1/s1. The van der Waals surface area contributed by atoms with Gasteiger partial charge in [-0.05, 0) is 34.4 Å². The maximum atomic E-state index is 14.5. The van der Waals surface area contributed by atoms with Crippen LogP contribution < -0.4 is 16.8 Å². The van der Waals surface area contributed by atoms with Crippen LogP contribution in [-0.4, -0.2) is 38.6 Å². The Morgan fingerprint density at radius 1 is 1.03 bits per heavy atom. The van der Waals surface area contributed by atoms with Gasteiger partial charge in [-0.15, -0.1) is 0 Å². The molecule has 0 fully saturated rings. The molecule has 0 saturated heterocycles. The summed E-state index contributed by atoms with van der Waals surface area (Å²) >= 11 is 0. The van der Waals surface area contributed by atoms with Crippen molar-refractivity contribution in [2.24, 2.45) is 5.73 Å². The molecule has 9 heteroatoms. The molecule has 1 aromatic heterocycles. The second-order valence-electron chi connectivity index (χ2n) is 7.65. The summed E-state index contributed by atoms with van der Waals surface area (Å²) in [5.41, 5.74) is 13.1. The Bertz CT molecular complexity index is 1310. The van der Waals surface area contributed by atoms with Crippen molar-refractivity contribution in [2.45, 2.75) is 18.9 Å². The van der Waals surface area contributed by atoms with Crippen molar-refractivity contribution in [1.82, 2.24) is 15.0 Å². The van der Waals surface area contributed by atoms with Gasteiger partial charge in [-0.2, -0.15) is 15.0 Å². The summed E-state index contributed by atoms with van der Waals surface area (Å²) in [5.74, 6) is -1.28. The van der Waals surface area contributed by atoms with Crippen molar-refractivity contribution < 1.29 is 14.3 Å². The van der Waals surface area contributed by atoms with Gasteiger partial charge in [0.25, 0.3) is 0 Å². The highest BCUT2D eigenvalue weighted by Gasteiger charge is 2.16. The van der Waals surface area contributed by atoms with E-state index < -0.39 is 17.8 Å². The zero-order valence-corrected chi connectivity index (χ0v) is 17.7. The van der Waals surface area contributed by atoms with E-state index in [0.29, 0.717) is 12.1 Å². The summed E-state index contributed by atoms with van der Waals surface area (Å²) in [5, 5.41) is 14.4. The molecule has 0 aliphatic heterocycles. The molecule has 6 N–H and O–H groups in total. The number of fused-ring (bicyclic) bond motifs is 1. The minimum atomic E-state index is -1.19. The Balaban J connectivity index is 1.46. The normalized spacial score (nSPS) is 11.9. The SMILES string of the molecule is Nc1nc(NCCc2ccc3ccccc3c2)nc(-c2ccc(C[C@@H](N)C(=O)O)c(F)c2)n1. The lowest BCUT2D eigenvalue weighted by atomic mass is 10.0. The van der Waals surface area contributed by atoms with Gasteiger partial charge in [-0.3, -0.25) is 4.79 Å². The van der Waals surface area contributed by atoms with E-state index in [1.807, 2.05) is 12.1 Å². The fraction of sp³-hybridized carbons (Fsp3) is 0.167. The van der Waals surface area contributed by atoms with Crippen LogP contribution in [0.1, 0.15) is 11.1 Å². The first-order chi connectivity index (χ1) is 15.9. The van der Waals surface area contributed by atoms with E-state index >= 15 is 0 Å². The summed E-state index contributed by atoms with van der Waals surface area (Å²) < 4.78 is 14.5. The number of hydrogen-bond donors (Lipinski definition) is 4. The molecule has 8 nitrogen and oxygen atoms in total. The molecule has 4 aromatic rings. The summed E-state index contributed by atoms with van der Waals surface area (Å²) in [6.07, 6.45) is 0.626. The number of aliphatic carboxylic acids is 1. The lowest BCUT2D eigenvalue weighted by molar-refractivity contribution is -0.138.